The molecule has 1 fully saturated rings. The summed E-state index contributed by atoms with van der Waals surface area (Å²) < 4.78 is 7.25. The van der Waals surface area contributed by atoms with Crippen LogP contribution in [0.2, 0.25) is 0 Å². The summed E-state index contributed by atoms with van der Waals surface area (Å²) in [6.45, 7) is 5.88. The molecule has 0 unspecified atom stereocenters. The lowest BCUT2D eigenvalue weighted by molar-refractivity contribution is 0.174. The predicted octanol–water partition coefficient (Wildman–Crippen LogP) is 0.929. The van der Waals surface area contributed by atoms with Crippen LogP contribution in [-0.4, -0.2) is 57.2 Å². The molecule has 118 valence electrons. The lowest BCUT2D eigenvalue weighted by atomic mass is 10.2. The normalized spacial score (nSPS) is 19.4. The van der Waals surface area contributed by atoms with Gasteiger partial charge in [0, 0.05) is 57.4 Å². The molecule has 7 heteroatoms. The fourth-order valence-electron chi connectivity index (χ4n) is 2.74. The van der Waals surface area contributed by atoms with Gasteiger partial charge >= 0.3 is 0 Å². The first-order valence-corrected chi connectivity index (χ1v) is 7.49. The fraction of sp³-hybridized carbons (Fsp3) is 0.533. The Labute approximate surface area is 130 Å². The second-order valence-electron chi connectivity index (χ2n) is 5.62. The third-order valence-electron chi connectivity index (χ3n) is 4.14. The van der Waals surface area contributed by atoms with Crippen LogP contribution in [0.4, 0.5) is 5.95 Å². The van der Waals surface area contributed by atoms with E-state index in [1.165, 1.54) is 0 Å². The van der Waals surface area contributed by atoms with Gasteiger partial charge in [-0.15, -0.1) is 0 Å². The first kappa shape index (κ1) is 14.8. The molecule has 0 aromatic carbocycles. The van der Waals surface area contributed by atoms with Gasteiger partial charge in [-0.25, -0.2) is 9.97 Å². The van der Waals surface area contributed by atoms with Crippen LogP contribution < -0.4 is 9.64 Å². The Hall–Kier alpha value is -2.15. The first-order chi connectivity index (χ1) is 10.7. The lowest BCUT2D eigenvalue weighted by Gasteiger charge is -2.39. The Morgan fingerprint density at radius 1 is 1.27 bits per heavy atom. The molecule has 0 N–H and O–H groups in total. The van der Waals surface area contributed by atoms with Gasteiger partial charge in [0.1, 0.15) is 5.82 Å². The van der Waals surface area contributed by atoms with E-state index in [9.17, 15) is 0 Å². The molecule has 3 rings (SSSR count). The van der Waals surface area contributed by atoms with Crippen LogP contribution in [0.1, 0.15) is 12.7 Å². The minimum Gasteiger partial charge on any atom is -0.481 e. The predicted molar refractivity (Wildman–Crippen MR) is 83.9 cm³/mol. The van der Waals surface area contributed by atoms with Crippen molar-refractivity contribution in [1.82, 2.24) is 24.4 Å². The van der Waals surface area contributed by atoms with E-state index in [4.69, 9.17) is 4.74 Å². The highest BCUT2D eigenvalue weighted by Crippen LogP contribution is 2.18. The molecule has 22 heavy (non-hydrogen) atoms. The zero-order valence-corrected chi connectivity index (χ0v) is 13.3. The molecule has 0 spiro atoms. The second kappa shape index (κ2) is 6.31. The van der Waals surface area contributed by atoms with Gasteiger partial charge in [-0.2, -0.15) is 4.98 Å². The summed E-state index contributed by atoms with van der Waals surface area (Å²) in [5.41, 5.74) is 0. The summed E-state index contributed by atoms with van der Waals surface area (Å²) in [6.07, 6.45) is 5.58. The van der Waals surface area contributed by atoms with E-state index in [1.54, 1.807) is 19.4 Å². The van der Waals surface area contributed by atoms with Crippen molar-refractivity contribution in [3.8, 4) is 5.88 Å². The van der Waals surface area contributed by atoms with E-state index >= 15 is 0 Å². The molecule has 1 atom stereocenters. The lowest BCUT2D eigenvalue weighted by Crippen LogP contribution is -2.52. The summed E-state index contributed by atoms with van der Waals surface area (Å²) >= 11 is 0. The quantitative estimate of drug-likeness (QED) is 0.837. The molecular weight excluding hydrogens is 280 g/mol. The van der Waals surface area contributed by atoms with Crippen molar-refractivity contribution in [3.63, 3.8) is 0 Å². The van der Waals surface area contributed by atoms with E-state index in [0.29, 0.717) is 11.9 Å². The summed E-state index contributed by atoms with van der Waals surface area (Å²) in [6, 6.07) is 2.19. The van der Waals surface area contributed by atoms with Crippen molar-refractivity contribution in [1.29, 1.82) is 0 Å². The Morgan fingerprint density at radius 3 is 2.82 bits per heavy atom. The van der Waals surface area contributed by atoms with E-state index in [1.807, 2.05) is 19.4 Å². The van der Waals surface area contributed by atoms with Crippen LogP contribution in [0.25, 0.3) is 0 Å². The maximum atomic E-state index is 5.18. The van der Waals surface area contributed by atoms with Crippen molar-refractivity contribution in [2.24, 2.45) is 7.05 Å². The molecule has 1 aliphatic rings. The van der Waals surface area contributed by atoms with Crippen molar-refractivity contribution in [2.75, 3.05) is 31.6 Å². The highest BCUT2D eigenvalue weighted by molar-refractivity contribution is 5.33. The molecule has 0 radical (unpaired) electrons. The molecular formula is C15H22N6O. The summed E-state index contributed by atoms with van der Waals surface area (Å²) in [7, 11) is 3.66. The highest BCUT2D eigenvalue weighted by Gasteiger charge is 2.26. The van der Waals surface area contributed by atoms with Crippen molar-refractivity contribution >= 4 is 5.95 Å². The smallest absolute Gasteiger partial charge is 0.228 e. The van der Waals surface area contributed by atoms with Crippen LogP contribution in [0.5, 0.6) is 5.88 Å². The van der Waals surface area contributed by atoms with Gasteiger partial charge in [0.15, 0.2) is 0 Å². The number of rotatable bonds is 4. The third-order valence-corrected chi connectivity index (χ3v) is 4.14. The van der Waals surface area contributed by atoms with Gasteiger partial charge in [0.2, 0.25) is 11.8 Å². The minimum atomic E-state index is 0.417. The molecule has 0 aliphatic carbocycles. The molecule has 7 nitrogen and oxygen atoms in total. The molecule has 0 saturated carbocycles. The molecule has 0 bridgehead atoms. The topological polar surface area (TPSA) is 59.3 Å². The number of anilines is 1. The van der Waals surface area contributed by atoms with Crippen LogP contribution in [0.3, 0.4) is 0 Å². The third kappa shape index (κ3) is 3.04. The van der Waals surface area contributed by atoms with E-state index in [0.717, 1.165) is 38.0 Å². The van der Waals surface area contributed by atoms with Crippen LogP contribution in [-0.2, 0) is 13.6 Å². The Bertz CT molecular complexity index is 628. The average molecular weight is 302 g/mol. The van der Waals surface area contributed by atoms with Crippen LogP contribution >= 0.6 is 0 Å². The van der Waals surface area contributed by atoms with Gasteiger partial charge in [-0.3, -0.25) is 4.90 Å². The van der Waals surface area contributed by atoms with E-state index in [2.05, 4.69) is 36.2 Å². The number of piperazine rings is 1. The second-order valence-corrected chi connectivity index (χ2v) is 5.62. The van der Waals surface area contributed by atoms with Crippen molar-refractivity contribution in [3.05, 3.63) is 30.5 Å². The number of imidazole rings is 1. The maximum Gasteiger partial charge on any atom is 0.228 e. The summed E-state index contributed by atoms with van der Waals surface area (Å²) in [5.74, 6) is 2.44. The Kier molecular flexibility index (Phi) is 4.24. The highest BCUT2D eigenvalue weighted by atomic mass is 16.5. The molecule has 3 heterocycles. The number of hydrogen-bond donors (Lipinski definition) is 0. The number of ether oxygens (including phenoxy) is 1. The largest absolute Gasteiger partial charge is 0.481 e. The van der Waals surface area contributed by atoms with Crippen molar-refractivity contribution in [2.45, 2.75) is 19.5 Å². The zero-order valence-electron chi connectivity index (χ0n) is 13.3. The van der Waals surface area contributed by atoms with Crippen LogP contribution in [0, 0.1) is 0 Å². The van der Waals surface area contributed by atoms with Gasteiger partial charge in [-0.1, -0.05) is 0 Å². The summed E-state index contributed by atoms with van der Waals surface area (Å²) in [4.78, 5) is 17.8. The number of methoxy groups -OCH3 is 1. The zero-order chi connectivity index (χ0) is 15.5. The average Bonchev–Trinajstić information content (AvgIpc) is 2.94. The van der Waals surface area contributed by atoms with Gasteiger partial charge in [-0.05, 0) is 6.92 Å². The number of nitrogens with zero attached hydrogens (tertiary/aromatic N) is 6. The fourth-order valence-corrected chi connectivity index (χ4v) is 2.74. The molecule has 2 aromatic rings. The monoisotopic (exact) mass is 302 g/mol. The number of aromatic nitrogens is 4. The first-order valence-electron chi connectivity index (χ1n) is 7.49. The van der Waals surface area contributed by atoms with Crippen molar-refractivity contribution < 1.29 is 4.74 Å². The van der Waals surface area contributed by atoms with Crippen LogP contribution in [0.15, 0.2) is 24.7 Å². The molecule has 0 amide bonds. The van der Waals surface area contributed by atoms with E-state index < -0.39 is 0 Å². The Balaban J connectivity index is 1.65. The minimum absolute atomic E-state index is 0.417. The maximum absolute atomic E-state index is 5.18. The van der Waals surface area contributed by atoms with Gasteiger partial charge in [0.25, 0.3) is 0 Å². The Morgan fingerprint density at radius 2 is 2.14 bits per heavy atom. The molecule has 1 aliphatic heterocycles. The van der Waals surface area contributed by atoms with E-state index in [-0.39, 0.29) is 0 Å². The molecule has 1 saturated heterocycles. The summed E-state index contributed by atoms with van der Waals surface area (Å²) in [5, 5.41) is 0. The SMILES string of the molecule is COc1ccnc(N2CCN(Cc3nccn3C)[C@@H](C)C2)n1. The number of hydrogen-bond acceptors (Lipinski definition) is 6. The molecule has 2 aromatic heterocycles. The number of aryl methyl sites for hydroxylation is 1. The van der Waals surface area contributed by atoms with Gasteiger partial charge in [0.05, 0.1) is 13.7 Å². The standard InChI is InChI=1S/C15H22N6O/c1-12-10-21(15-17-5-4-14(18-15)22-3)9-8-20(12)11-13-16-6-7-19(13)2/h4-7,12H,8-11H2,1-3H3/t12-/m0/s1. The van der Waals surface area contributed by atoms with Gasteiger partial charge < -0.3 is 14.2 Å².